The molecule has 0 aliphatic carbocycles. The summed E-state index contributed by atoms with van der Waals surface area (Å²) in [7, 11) is 1.89. The second-order valence-corrected chi connectivity index (χ2v) is 12.2. The Labute approximate surface area is 311 Å². The van der Waals surface area contributed by atoms with Crippen molar-refractivity contribution in [3.8, 4) is 5.75 Å². The molecule has 0 atom stereocenters. The van der Waals surface area contributed by atoms with Gasteiger partial charge in [0.05, 0.1) is 0 Å². The fraction of sp³-hybridized carbons (Fsp3) is 0.659. The van der Waals surface area contributed by atoms with Gasteiger partial charge in [-0.1, -0.05) is 158 Å². The molecule has 0 saturated heterocycles. The number of benzene rings is 1. The topological polar surface area (TPSA) is 49.9 Å². The van der Waals surface area contributed by atoms with Gasteiger partial charge < -0.3 is 15.0 Å². The van der Waals surface area contributed by atoms with Crippen molar-refractivity contribution in [3.63, 3.8) is 0 Å². The lowest BCUT2D eigenvalue weighted by Crippen LogP contribution is -2.18. The minimum absolute atomic E-state index is 0.199. The zero-order valence-electron chi connectivity index (χ0n) is 36.0. The summed E-state index contributed by atoms with van der Waals surface area (Å²) in [5, 5.41) is 3.01. The molecule has 2 N–H and O–H groups in total. The summed E-state index contributed by atoms with van der Waals surface area (Å²) < 4.78 is 29.1. The highest BCUT2D eigenvalue weighted by Gasteiger charge is 2.22. The van der Waals surface area contributed by atoms with Crippen molar-refractivity contribution in [1.82, 2.24) is 15.3 Å². The van der Waals surface area contributed by atoms with Gasteiger partial charge in [-0.15, -0.1) is 0 Å². The van der Waals surface area contributed by atoms with E-state index in [-0.39, 0.29) is 5.75 Å². The van der Waals surface area contributed by atoms with E-state index in [0.717, 1.165) is 47.8 Å². The lowest BCUT2D eigenvalue weighted by molar-refractivity contribution is -0.158. The van der Waals surface area contributed by atoms with Crippen LogP contribution in [-0.4, -0.2) is 23.1 Å². The van der Waals surface area contributed by atoms with Crippen LogP contribution in [0.25, 0.3) is 5.57 Å². The first-order valence-corrected chi connectivity index (χ1v) is 19.4. The van der Waals surface area contributed by atoms with Crippen molar-refractivity contribution in [3.05, 3.63) is 78.0 Å². The molecule has 6 heteroatoms. The van der Waals surface area contributed by atoms with Gasteiger partial charge in [-0.3, -0.25) is 0 Å². The second-order valence-electron chi connectivity index (χ2n) is 12.2. The van der Waals surface area contributed by atoms with Crippen molar-refractivity contribution in [2.75, 3.05) is 7.05 Å². The smallest absolute Gasteiger partial charge is 0.394 e. The molecule has 1 heterocycles. The number of hydrogen-bond donors (Lipinski definition) is 2. The van der Waals surface area contributed by atoms with Gasteiger partial charge in [0.15, 0.2) is 0 Å². The number of rotatable bonds is 13. The van der Waals surface area contributed by atoms with Crippen LogP contribution in [0.3, 0.4) is 0 Å². The van der Waals surface area contributed by atoms with E-state index in [4.69, 9.17) is 0 Å². The molecule has 1 aromatic carbocycles. The number of hydrogen-bond acceptors (Lipinski definition) is 3. The molecule has 294 valence electrons. The minimum atomic E-state index is -3.10. The van der Waals surface area contributed by atoms with Crippen molar-refractivity contribution >= 4 is 5.57 Å². The summed E-state index contributed by atoms with van der Waals surface area (Å²) in [5.74, 6) is 3.05. The summed E-state index contributed by atoms with van der Waals surface area (Å²) in [6.45, 7) is 36.4. The third-order valence-electron chi connectivity index (χ3n) is 7.41. The highest BCUT2D eigenvalue weighted by atomic mass is 19.3. The fourth-order valence-corrected chi connectivity index (χ4v) is 3.64. The Kier molecular flexibility index (Phi) is 45.8. The van der Waals surface area contributed by atoms with Gasteiger partial charge in [0.2, 0.25) is 0 Å². The predicted octanol–water partition coefficient (Wildman–Crippen LogP) is 15.3. The van der Waals surface area contributed by atoms with Gasteiger partial charge >= 0.3 is 6.11 Å². The van der Waals surface area contributed by atoms with Crippen LogP contribution in [0, 0.1) is 11.8 Å². The molecule has 2 rings (SSSR count). The van der Waals surface area contributed by atoms with E-state index in [0.29, 0.717) is 0 Å². The van der Waals surface area contributed by atoms with Crippen LogP contribution in [0.15, 0.2) is 66.7 Å². The Bertz CT molecular complexity index is 995. The monoisotopic (exact) mass is 708 g/mol. The molecule has 0 bridgehead atoms. The molecule has 0 aliphatic rings. The number of unbranched alkanes of at least 4 members (excludes halogenated alkanes) is 1. The molecular formula is C44H83F2N3O. The van der Waals surface area contributed by atoms with Crippen LogP contribution in [0.4, 0.5) is 8.78 Å². The maximum atomic E-state index is 12.4. The molecule has 2 aromatic rings. The van der Waals surface area contributed by atoms with Gasteiger partial charge in [0.25, 0.3) is 0 Å². The van der Waals surface area contributed by atoms with E-state index in [9.17, 15) is 8.78 Å². The van der Waals surface area contributed by atoms with Crippen molar-refractivity contribution in [2.45, 2.75) is 175 Å². The normalized spacial score (nSPS) is 10.5. The molecular weight excluding hydrogens is 625 g/mol. The third-order valence-corrected chi connectivity index (χ3v) is 7.41. The minimum Gasteiger partial charge on any atom is -0.433 e. The number of nitrogens with zero attached hydrogens (tertiary/aromatic N) is 1. The number of H-pyrrole nitrogens is 1. The molecule has 0 radical (unpaired) electrons. The number of imidazole rings is 1. The zero-order chi connectivity index (χ0) is 40.0. The van der Waals surface area contributed by atoms with Gasteiger partial charge in [-0.25, -0.2) is 4.98 Å². The number of allylic oxidation sites excluding steroid dienone is 4. The molecule has 0 aliphatic heterocycles. The van der Waals surface area contributed by atoms with E-state index in [1.165, 1.54) is 56.9 Å². The molecule has 0 fully saturated rings. The van der Waals surface area contributed by atoms with Crippen LogP contribution < -0.4 is 10.1 Å². The molecule has 50 heavy (non-hydrogen) atoms. The molecule has 0 saturated carbocycles. The molecule has 0 amide bonds. The summed E-state index contributed by atoms with van der Waals surface area (Å²) in [6, 6.07) is 6.66. The Balaban J connectivity index is -0.000000166. The highest BCUT2D eigenvalue weighted by molar-refractivity contribution is 5.56. The van der Waals surface area contributed by atoms with Gasteiger partial charge in [-0.05, 0) is 74.8 Å². The lowest BCUT2D eigenvalue weighted by atomic mass is 10.0. The molecule has 1 aromatic heterocycles. The Morgan fingerprint density at radius 3 is 1.56 bits per heavy atom. The first kappa shape index (κ1) is 56.5. The molecule has 0 spiro atoms. The number of alkyl halides is 2. The van der Waals surface area contributed by atoms with Crippen LogP contribution >= 0.6 is 0 Å². The largest absolute Gasteiger partial charge is 0.433 e. The third kappa shape index (κ3) is 41.3. The summed E-state index contributed by atoms with van der Waals surface area (Å²) >= 11 is 0. The second kappa shape index (κ2) is 40.5. The van der Waals surface area contributed by atoms with E-state index < -0.39 is 6.11 Å². The number of aromatic nitrogens is 2. The number of aryl methyl sites for hydroxylation is 1. The average Bonchev–Trinajstić information content (AvgIpc) is 3.65. The van der Waals surface area contributed by atoms with E-state index in [1.54, 1.807) is 30.5 Å². The Morgan fingerprint density at radius 1 is 0.860 bits per heavy atom. The summed E-state index contributed by atoms with van der Waals surface area (Å²) in [5.41, 5.74) is 4.48. The quantitative estimate of drug-likeness (QED) is 0.204. The SMILES string of the molecule is C/C=C(\C)c1ncc[nH]1.C=C(C)/C(=C/C)NC.CC.CCC(C)CC.CCCC.CCCC(C)CCC.CCc1ccc(OC(C)(F)F)cc1. The predicted molar refractivity (Wildman–Crippen MR) is 223 cm³/mol. The van der Waals surface area contributed by atoms with Gasteiger partial charge in [0.1, 0.15) is 11.6 Å². The number of nitrogens with one attached hydrogen (secondary N) is 2. The van der Waals surface area contributed by atoms with Crippen molar-refractivity contribution in [2.24, 2.45) is 11.8 Å². The molecule has 4 nitrogen and oxygen atoms in total. The van der Waals surface area contributed by atoms with E-state index >= 15 is 0 Å². The first-order valence-electron chi connectivity index (χ1n) is 19.4. The zero-order valence-corrected chi connectivity index (χ0v) is 36.0. The molecule has 0 unspecified atom stereocenters. The van der Waals surface area contributed by atoms with Crippen LogP contribution in [0.5, 0.6) is 5.75 Å². The maximum absolute atomic E-state index is 12.4. The van der Waals surface area contributed by atoms with Crippen molar-refractivity contribution in [1.29, 1.82) is 0 Å². The summed E-state index contributed by atoms with van der Waals surface area (Å²) in [6.07, 6.45) is 16.2. The summed E-state index contributed by atoms with van der Waals surface area (Å²) in [4.78, 5) is 7.07. The van der Waals surface area contributed by atoms with Gasteiger partial charge in [-0.2, -0.15) is 8.78 Å². The standard InChI is InChI=1S/C10H12F2O.C8H18.C7H10N2.C7H13N.C6H14.C4H10.C2H6/c1-3-8-4-6-9(7-5-8)13-10(2,11)12;1-4-6-8(3)7-5-2;1-3-6(2)7-8-4-5-9-7;1-5-7(8-4)6(2)3;1-4-6(3)5-2;1-3-4-2;1-2/h4-7H,3H2,1-2H3;8H,4-7H2,1-3H3;3-5H,1-2H3,(H,8,9);5,8H,2H2,1,3-4H3;6H,4-5H2,1-3H3;3-4H2,1-2H3;1-2H3/b;;6-3+;7-5-;;;. The average molecular weight is 708 g/mol. The Hall–Kier alpha value is -2.89. The number of ether oxygens (including phenoxy) is 1. The first-order chi connectivity index (χ1) is 23.6. The van der Waals surface area contributed by atoms with Crippen LogP contribution in [0.2, 0.25) is 0 Å². The van der Waals surface area contributed by atoms with Crippen LogP contribution in [-0.2, 0) is 6.42 Å². The maximum Gasteiger partial charge on any atom is 0.394 e. The van der Waals surface area contributed by atoms with Gasteiger partial charge in [0, 0.05) is 32.1 Å². The van der Waals surface area contributed by atoms with Crippen molar-refractivity contribution < 1.29 is 13.5 Å². The number of likely N-dealkylation sites (N-methyl/N-ethyl adjacent to an activating group) is 1. The van der Waals surface area contributed by atoms with E-state index in [2.05, 4.69) is 82.0 Å². The van der Waals surface area contributed by atoms with E-state index in [1.807, 2.05) is 73.9 Å². The van der Waals surface area contributed by atoms with Crippen LogP contribution in [0.1, 0.15) is 174 Å². The highest BCUT2D eigenvalue weighted by Crippen LogP contribution is 2.21. The lowest BCUT2D eigenvalue weighted by Gasteiger charge is -2.12. The Morgan fingerprint density at radius 2 is 1.34 bits per heavy atom. The fourth-order valence-electron chi connectivity index (χ4n) is 3.64. The number of halogens is 2. The number of aromatic amines is 1.